The molecule has 0 heterocycles. The van der Waals surface area contributed by atoms with Gasteiger partial charge in [-0.1, -0.05) is 45.0 Å². The SMILES string of the molecule is CCC(C)(C)C(=O)NCC1(O)CCCc2ccccc21. The molecular weight excluding hydrogens is 250 g/mol. The van der Waals surface area contributed by atoms with E-state index in [1.165, 1.54) is 5.56 Å². The van der Waals surface area contributed by atoms with Crippen molar-refractivity contribution >= 4 is 5.91 Å². The first-order chi connectivity index (χ1) is 9.39. The number of carbonyl (C=O) groups is 1. The fraction of sp³-hybridized carbons (Fsp3) is 0.588. The van der Waals surface area contributed by atoms with Gasteiger partial charge in [0.1, 0.15) is 5.60 Å². The summed E-state index contributed by atoms with van der Waals surface area (Å²) in [5.41, 5.74) is 0.866. The van der Waals surface area contributed by atoms with Crippen LogP contribution in [0.2, 0.25) is 0 Å². The topological polar surface area (TPSA) is 49.3 Å². The molecule has 0 fully saturated rings. The Labute approximate surface area is 121 Å². The second-order valence-electron chi connectivity index (χ2n) is 6.46. The van der Waals surface area contributed by atoms with E-state index in [0.29, 0.717) is 13.0 Å². The highest BCUT2D eigenvalue weighted by atomic mass is 16.3. The Bertz CT molecular complexity index is 496. The van der Waals surface area contributed by atoms with Gasteiger partial charge < -0.3 is 10.4 Å². The molecule has 0 radical (unpaired) electrons. The fourth-order valence-electron chi connectivity index (χ4n) is 2.71. The summed E-state index contributed by atoms with van der Waals surface area (Å²) in [4.78, 5) is 12.2. The smallest absolute Gasteiger partial charge is 0.225 e. The predicted molar refractivity (Wildman–Crippen MR) is 80.4 cm³/mol. The highest BCUT2D eigenvalue weighted by Crippen LogP contribution is 2.35. The van der Waals surface area contributed by atoms with Crippen molar-refractivity contribution in [3.8, 4) is 0 Å². The van der Waals surface area contributed by atoms with E-state index in [0.717, 1.165) is 24.8 Å². The quantitative estimate of drug-likeness (QED) is 0.887. The van der Waals surface area contributed by atoms with Crippen LogP contribution in [0.3, 0.4) is 0 Å². The summed E-state index contributed by atoms with van der Waals surface area (Å²) in [5, 5.41) is 13.8. The molecule has 1 aliphatic rings. The van der Waals surface area contributed by atoms with Crippen LogP contribution in [0.1, 0.15) is 51.2 Å². The number of aryl methyl sites for hydroxylation is 1. The number of carbonyl (C=O) groups excluding carboxylic acids is 1. The van der Waals surface area contributed by atoms with Crippen molar-refractivity contribution in [2.75, 3.05) is 6.54 Å². The molecule has 0 saturated carbocycles. The van der Waals surface area contributed by atoms with Crippen LogP contribution in [0.25, 0.3) is 0 Å². The summed E-state index contributed by atoms with van der Waals surface area (Å²) < 4.78 is 0. The molecule has 1 unspecified atom stereocenters. The number of hydrogen-bond acceptors (Lipinski definition) is 2. The van der Waals surface area contributed by atoms with Crippen molar-refractivity contribution < 1.29 is 9.90 Å². The molecule has 0 spiro atoms. The number of fused-ring (bicyclic) bond motifs is 1. The van der Waals surface area contributed by atoms with E-state index < -0.39 is 5.60 Å². The van der Waals surface area contributed by atoms with Crippen LogP contribution >= 0.6 is 0 Å². The molecule has 1 aliphatic carbocycles. The van der Waals surface area contributed by atoms with Gasteiger partial charge in [-0.2, -0.15) is 0 Å². The minimum atomic E-state index is -0.922. The number of nitrogens with one attached hydrogen (secondary N) is 1. The van der Waals surface area contributed by atoms with Crippen LogP contribution in [0, 0.1) is 5.41 Å². The van der Waals surface area contributed by atoms with Crippen molar-refractivity contribution in [1.82, 2.24) is 5.32 Å². The maximum atomic E-state index is 12.2. The largest absolute Gasteiger partial charge is 0.383 e. The predicted octanol–water partition coefficient (Wildman–Crippen LogP) is 2.76. The zero-order chi connectivity index (χ0) is 14.8. The normalized spacial score (nSPS) is 22.2. The minimum Gasteiger partial charge on any atom is -0.383 e. The van der Waals surface area contributed by atoms with Crippen molar-refractivity contribution in [3.63, 3.8) is 0 Å². The Hall–Kier alpha value is -1.35. The minimum absolute atomic E-state index is 0.0106. The maximum Gasteiger partial charge on any atom is 0.225 e. The monoisotopic (exact) mass is 275 g/mol. The standard InChI is InChI=1S/C17H25NO2/c1-4-16(2,3)15(19)18-12-17(20)11-7-9-13-8-5-6-10-14(13)17/h5-6,8,10,20H,4,7,9,11-12H2,1-3H3,(H,18,19). The Kier molecular flexibility index (Phi) is 4.19. The zero-order valence-electron chi connectivity index (χ0n) is 12.7. The van der Waals surface area contributed by atoms with Crippen LogP contribution in [-0.4, -0.2) is 17.6 Å². The first kappa shape index (κ1) is 15.0. The molecule has 1 aromatic carbocycles. The Morgan fingerprint density at radius 2 is 2.10 bits per heavy atom. The fourth-order valence-corrected chi connectivity index (χ4v) is 2.71. The lowest BCUT2D eigenvalue weighted by Crippen LogP contribution is -2.46. The lowest BCUT2D eigenvalue weighted by atomic mass is 9.79. The summed E-state index contributed by atoms with van der Waals surface area (Å²) in [6, 6.07) is 8.00. The molecule has 2 N–H and O–H groups in total. The van der Waals surface area contributed by atoms with Gasteiger partial charge in [-0.3, -0.25) is 4.79 Å². The summed E-state index contributed by atoms with van der Waals surface area (Å²) in [6.07, 6.45) is 3.46. The Balaban J connectivity index is 2.12. The first-order valence-corrected chi connectivity index (χ1v) is 7.48. The van der Waals surface area contributed by atoms with Crippen LogP contribution in [0.15, 0.2) is 24.3 Å². The van der Waals surface area contributed by atoms with Crippen LogP contribution in [-0.2, 0) is 16.8 Å². The van der Waals surface area contributed by atoms with E-state index >= 15 is 0 Å². The van der Waals surface area contributed by atoms with Gasteiger partial charge in [-0.05, 0) is 36.8 Å². The van der Waals surface area contributed by atoms with Crippen LogP contribution in [0.5, 0.6) is 0 Å². The number of hydrogen-bond donors (Lipinski definition) is 2. The molecular formula is C17H25NO2. The first-order valence-electron chi connectivity index (χ1n) is 7.48. The van der Waals surface area contributed by atoms with Gasteiger partial charge in [0.2, 0.25) is 5.91 Å². The summed E-state index contributed by atoms with van der Waals surface area (Å²) in [5.74, 6) is 0.0106. The third-order valence-corrected chi connectivity index (χ3v) is 4.60. The lowest BCUT2D eigenvalue weighted by Gasteiger charge is -2.35. The molecule has 0 bridgehead atoms. The molecule has 1 atom stereocenters. The highest BCUT2D eigenvalue weighted by Gasteiger charge is 2.35. The highest BCUT2D eigenvalue weighted by molar-refractivity contribution is 5.81. The van der Waals surface area contributed by atoms with Gasteiger partial charge in [-0.25, -0.2) is 0 Å². The zero-order valence-corrected chi connectivity index (χ0v) is 12.7. The van der Waals surface area contributed by atoms with Gasteiger partial charge in [0.15, 0.2) is 0 Å². The van der Waals surface area contributed by atoms with Gasteiger partial charge >= 0.3 is 0 Å². The van der Waals surface area contributed by atoms with Crippen molar-refractivity contribution in [2.24, 2.45) is 5.41 Å². The number of benzene rings is 1. The van der Waals surface area contributed by atoms with Gasteiger partial charge in [0.05, 0.1) is 6.54 Å². The average molecular weight is 275 g/mol. The molecule has 3 nitrogen and oxygen atoms in total. The van der Waals surface area contributed by atoms with E-state index in [1.807, 2.05) is 39.0 Å². The Morgan fingerprint density at radius 1 is 1.40 bits per heavy atom. The van der Waals surface area contributed by atoms with Crippen molar-refractivity contribution in [3.05, 3.63) is 35.4 Å². The number of amides is 1. The van der Waals surface area contributed by atoms with Gasteiger partial charge in [0.25, 0.3) is 0 Å². The second kappa shape index (κ2) is 5.57. The van der Waals surface area contributed by atoms with Crippen LogP contribution < -0.4 is 5.32 Å². The third kappa shape index (κ3) is 2.88. The summed E-state index contributed by atoms with van der Waals surface area (Å²) in [6.45, 7) is 6.17. The molecule has 0 saturated heterocycles. The van der Waals surface area contributed by atoms with Crippen molar-refractivity contribution in [1.29, 1.82) is 0 Å². The molecule has 0 aliphatic heterocycles. The second-order valence-corrected chi connectivity index (χ2v) is 6.46. The molecule has 3 heteroatoms. The number of aliphatic hydroxyl groups is 1. The molecule has 0 aromatic heterocycles. The molecule has 1 aromatic rings. The maximum absolute atomic E-state index is 12.2. The molecule has 2 rings (SSSR count). The summed E-state index contributed by atoms with van der Waals surface area (Å²) >= 11 is 0. The Morgan fingerprint density at radius 3 is 2.80 bits per heavy atom. The number of rotatable bonds is 4. The van der Waals surface area contributed by atoms with E-state index in [9.17, 15) is 9.90 Å². The molecule has 110 valence electrons. The van der Waals surface area contributed by atoms with Gasteiger partial charge in [0, 0.05) is 5.41 Å². The van der Waals surface area contributed by atoms with Crippen LogP contribution in [0.4, 0.5) is 0 Å². The summed E-state index contributed by atoms with van der Waals surface area (Å²) in [7, 11) is 0. The van der Waals surface area contributed by atoms with E-state index in [1.54, 1.807) is 0 Å². The van der Waals surface area contributed by atoms with E-state index in [2.05, 4.69) is 11.4 Å². The van der Waals surface area contributed by atoms with E-state index in [4.69, 9.17) is 0 Å². The third-order valence-electron chi connectivity index (χ3n) is 4.60. The van der Waals surface area contributed by atoms with Crippen molar-refractivity contribution in [2.45, 2.75) is 52.1 Å². The van der Waals surface area contributed by atoms with Gasteiger partial charge in [-0.15, -0.1) is 0 Å². The molecule has 20 heavy (non-hydrogen) atoms. The molecule has 1 amide bonds. The lowest BCUT2D eigenvalue weighted by molar-refractivity contribution is -0.131. The average Bonchev–Trinajstić information content (AvgIpc) is 2.45. The van der Waals surface area contributed by atoms with E-state index in [-0.39, 0.29) is 11.3 Å².